The lowest BCUT2D eigenvalue weighted by Gasteiger charge is -2.19. The van der Waals surface area contributed by atoms with E-state index in [9.17, 15) is 27.2 Å². The number of nitrogens with zero attached hydrogens (tertiary/aromatic N) is 6. The fraction of sp³-hybridized carbons (Fsp3) is 0.200. The van der Waals surface area contributed by atoms with Crippen LogP contribution in [0.1, 0.15) is 11.5 Å². The molecule has 168 valence electrons. The molecule has 0 aliphatic carbocycles. The molecule has 5 rings (SSSR count). The van der Waals surface area contributed by atoms with Crippen LogP contribution in [0.2, 0.25) is 0 Å². The minimum absolute atomic E-state index is 0.0394. The van der Waals surface area contributed by atoms with Crippen LogP contribution < -0.4 is 4.90 Å². The second-order valence-electron chi connectivity index (χ2n) is 7.27. The van der Waals surface area contributed by atoms with Crippen molar-refractivity contribution in [3.63, 3.8) is 0 Å². The van der Waals surface area contributed by atoms with Gasteiger partial charge in [-0.25, -0.2) is 9.29 Å². The number of hydrogen-bond donors (Lipinski definition) is 0. The van der Waals surface area contributed by atoms with Crippen molar-refractivity contribution in [2.75, 3.05) is 4.90 Å². The highest BCUT2D eigenvalue weighted by molar-refractivity contribution is 6.25. The van der Waals surface area contributed by atoms with E-state index in [4.69, 9.17) is 4.52 Å². The van der Waals surface area contributed by atoms with Gasteiger partial charge < -0.3 is 4.52 Å². The second-order valence-corrected chi connectivity index (χ2v) is 7.27. The quantitative estimate of drug-likeness (QED) is 0.437. The molecule has 2 aliphatic rings. The molecule has 13 heteroatoms. The molecule has 2 unspecified atom stereocenters. The minimum atomic E-state index is -4.53. The van der Waals surface area contributed by atoms with E-state index in [2.05, 4.69) is 20.5 Å². The molecule has 1 aromatic heterocycles. The average Bonchev–Trinajstić information content (AvgIpc) is 3.47. The van der Waals surface area contributed by atoms with Crippen LogP contribution in [0.25, 0.3) is 11.4 Å². The second kappa shape index (κ2) is 7.46. The van der Waals surface area contributed by atoms with E-state index >= 15 is 0 Å². The number of carbonyl (C=O) groups is 2. The SMILES string of the molecule is O=C1C2N=NN(Cc3nc(-c4cccc(C(F)(F)F)c4)no3)C2C(=O)N1c1ccc(F)cc1. The molecule has 33 heavy (non-hydrogen) atoms. The molecule has 2 aromatic carbocycles. The smallest absolute Gasteiger partial charge is 0.337 e. The summed E-state index contributed by atoms with van der Waals surface area (Å²) in [6.45, 7) is -0.201. The summed E-state index contributed by atoms with van der Waals surface area (Å²) in [6, 6.07) is 7.12. The predicted octanol–water partition coefficient (Wildman–Crippen LogP) is 3.39. The van der Waals surface area contributed by atoms with Gasteiger partial charge in [-0.3, -0.25) is 14.6 Å². The van der Waals surface area contributed by atoms with Crippen LogP contribution in [0.3, 0.4) is 0 Å². The zero-order chi connectivity index (χ0) is 23.3. The molecule has 0 N–H and O–H groups in total. The van der Waals surface area contributed by atoms with Crippen LogP contribution >= 0.6 is 0 Å². The first kappa shape index (κ1) is 20.7. The van der Waals surface area contributed by atoms with Crippen LogP contribution in [0.5, 0.6) is 0 Å². The fourth-order valence-electron chi connectivity index (χ4n) is 3.61. The molecule has 0 radical (unpaired) electrons. The van der Waals surface area contributed by atoms with Crippen molar-refractivity contribution < 1.29 is 31.7 Å². The standard InChI is InChI=1S/C20H12F4N6O3/c21-12-4-6-13(7-5-12)30-18(31)15-16(19(30)32)29(28-26-15)9-14-25-17(27-33-14)10-2-1-3-11(8-10)20(22,23)24/h1-8,15-16H,9H2. The number of alkyl halides is 3. The Balaban J connectivity index is 1.35. The van der Waals surface area contributed by atoms with E-state index in [0.717, 1.165) is 29.2 Å². The number of halogens is 4. The lowest BCUT2D eigenvalue weighted by Crippen LogP contribution is -2.39. The molecular formula is C20H12F4N6O3. The van der Waals surface area contributed by atoms with Crippen molar-refractivity contribution in [1.82, 2.24) is 15.1 Å². The van der Waals surface area contributed by atoms with Gasteiger partial charge in [0.25, 0.3) is 11.8 Å². The maximum atomic E-state index is 13.2. The van der Waals surface area contributed by atoms with Crippen LogP contribution in [-0.4, -0.2) is 39.0 Å². The lowest BCUT2D eigenvalue weighted by atomic mass is 10.1. The van der Waals surface area contributed by atoms with Crippen molar-refractivity contribution in [3.05, 3.63) is 65.8 Å². The summed E-state index contributed by atoms with van der Waals surface area (Å²) in [4.78, 5) is 30.6. The Morgan fingerprint density at radius 1 is 1.03 bits per heavy atom. The molecule has 2 atom stereocenters. The Morgan fingerprint density at radius 3 is 2.52 bits per heavy atom. The van der Waals surface area contributed by atoms with E-state index < -0.39 is 41.5 Å². The van der Waals surface area contributed by atoms with Gasteiger partial charge in [0, 0.05) is 5.56 Å². The maximum Gasteiger partial charge on any atom is 0.416 e. The first-order valence-electron chi connectivity index (χ1n) is 9.53. The third-order valence-corrected chi connectivity index (χ3v) is 5.16. The van der Waals surface area contributed by atoms with Crippen molar-refractivity contribution in [2.45, 2.75) is 24.8 Å². The summed E-state index contributed by atoms with van der Waals surface area (Å²) < 4.78 is 57.2. The van der Waals surface area contributed by atoms with Gasteiger partial charge in [-0.15, -0.1) is 0 Å². The van der Waals surface area contributed by atoms with E-state index in [0.29, 0.717) is 0 Å². The van der Waals surface area contributed by atoms with Crippen molar-refractivity contribution >= 4 is 17.5 Å². The Morgan fingerprint density at radius 2 is 1.79 bits per heavy atom. The number of imide groups is 1. The normalized spacial score (nSPS) is 20.1. The number of fused-ring (bicyclic) bond motifs is 1. The Hall–Kier alpha value is -4.16. The molecule has 2 amide bonds. The molecule has 3 aromatic rings. The van der Waals surface area contributed by atoms with Gasteiger partial charge in [0.1, 0.15) is 12.4 Å². The Labute approximate surface area is 182 Å². The molecule has 0 bridgehead atoms. The highest BCUT2D eigenvalue weighted by atomic mass is 19.4. The zero-order valence-corrected chi connectivity index (χ0v) is 16.4. The number of hydrogen-bond acceptors (Lipinski definition) is 8. The maximum absolute atomic E-state index is 13.2. The topological polar surface area (TPSA) is 104 Å². The summed E-state index contributed by atoms with van der Waals surface area (Å²) >= 11 is 0. The number of amides is 2. The number of aromatic nitrogens is 2. The van der Waals surface area contributed by atoms with Crippen LogP contribution in [0.15, 0.2) is 63.4 Å². The van der Waals surface area contributed by atoms with Gasteiger partial charge in [-0.2, -0.15) is 23.3 Å². The monoisotopic (exact) mass is 460 g/mol. The molecule has 2 aliphatic heterocycles. The average molecular weight is 460 g/mol. The molecule has 1 saturated heterocycles. The van der Waals surface area contributed by atoms with E-state index in [1.165, 1.54) is 29.3 Å². The summed E-state index contributed by atoms with van der Waals surface area (Å²) in [5.74, 6) is -1.86. The summed E-state index contributed by atoms with van der Waals surface area (Å²) in [5.41, 5.74) is -0.575. The molecule has 3 heterocycles. The van der Waals surface area contributed by atoms with Crippen LogP contribution in [-0.2, 0) is 22.3 Å². The van der Waals surface area contributed by atoms with Gasteiger partial charge in [-0.05, 0) is 36.4 Å². The predicted molar refractivity (Wildman–Crippen MR) is 102 cm³/mol. The van der Waals surface area contributed by atoms with Gasteiger partial charge in [0.15, 0.2) is 12.1 Å². The number of anilines is 1. The largest absolute Gasteiger partial charge is 0.416 e. The van der Waals surface area contributed by atoms with E-state index in [1.54, 1.807) is 0 Å². The van der Waals surface area contributed by atoms with Crippen molar-refractivity contribution in [3.8, 4) is 11.4 Å². The van der Waals surface area contributed by atoms with Gasteiger partial charge in [0.05, 0.1) is 11.3 Å². The fourth-order valence-corrected chi connectivity index (χ4v) is 3.61. The highest BCUT2D eigenvalue weighted by Gasteiger charge is 2.55. The number of benzene rings is 2. The first-order chi connectivity index (χ1) is 15.7. The molecule has 9 nitrogen and oxygen atoms in total. The molecular weight excluding hydrogens is 448 g/mol. The molecule has 0 spiro atoms. The van der Waals surface area contributed by atoms with Crippen molar-refractivity contribution in [1.29, 1.82) is 0 Å². The Bertz CT molecular complexity index is 1270. The van der Waals surface area contributed by atoms with Gasteiger partial charge in [0.2, 0.25) is 11.7 Å². The summed E-state index contributed by atoms with van der Waals surface area (Å²) in [7, 11) is 0. The molecule has 1 fully saturated rings. The molecule has 0 saturated carbocycles. The van der Waals surface area contributed by atoms with Crippen LogP contribution in [0.4, 0.5) is 23.2 Å². The van der Waals surface area contributed by atoms with E-state index in [-0.39, 0.29) is 29.5 Å². The Kier molecular flexibility index (Phi) is 4.69. The third-order valence-electron chi connectivity index (χ3n) is 5.16. The summed E-state index contributed by atoms with van der Waals surface area (Å²) in [5, 5.41) is 12.6. The zero-order valence-electron chi connectivity index (χ0n) is 16.4. The van der Waals surface area contributed by atoms with Gasteiger partial charge in [-0.1, -0.05) is 22.5 Å². The van der Waals surface area contributed by atoms with Gasteiger partial charge >= 0.3 is 6.18 Å². The highest BCUT2D eigenvalue weighted by Crippen LogP contribution is 2.34. The lowest BCUT2D eigenvalue weighted by molar-refractivity contribution is -0.137. The number of rotatable bonds is 4. The first-order valence-corrected chi connectivity index (χ1v) is 9.53. The van der Waals surface area contributed by atoms with E-state index in [1.807, 2.05) is 0 Å². The third kappa shape index (κ3) is 3.60. The van der Waals surface area contributed by atoms with Crippen molar-refractivity contribution in [2.24, 2.45) is 10.3 Å². The van der Waals surface area contributed by atoms with Crippen LogP contribution in [0, 0.1) is 5.82 Å². The minimum Gasteiger partial charge on any atom is -0.337 e. The summed E-state index contributed by atoms with van der Waals surface area (Å²) in [6.07, 6.45) is -4.53. The number of carbonyl (C=O) groups excluding carboxylic acids is 2.